The maximum Gasteiger partial charge on any atom is 0.407 e. The first-order valence-electron chi connectivity index (χ1n) is 7.50. The number of hydrogen-bond donors (Lipinski definition) is 3. The molecule has 0 atom stereocenters. The molecule has 0 saturated carbocycles. The third-order valence-corrected chi connectivity index (χ3v) is 3.09. The van der Waals surface area contributed by atoms with Crippen LogP contribution in [0.15, 0.2) is 18.2 Å². The molecule has 0 radical (unpaired) electrons. The van der Waals surface area contributed by atoms with Crippen molar-refractivity contribution in [2.45, 2.75) is 26.4 Å². The number of amides is 1. The summed E-state index contributed by atoms with van der Waals surface area (Å²) in [4.78, 5) is 14.3. The molecule has 1 aliphatic rings. The second kappa shape index (κ2) is 7.92. The van der Waals surface area contributed by atoms with E-state index in [9.17, 15) is 4.79 Å². The zero-order chi connectivity index (χ0) is 17.6. The summed E-state index contributed by atoms with van der Waals surface area (Å²) in [6.45, 7) is 7.51. The van der Waals surface area contributed by atoms with Crippen molar-refractivity contribution in [1.82, 2.24) is 4.90 Å². The van der Waals surface area contributed by atoms with E-state index in [0.29, 0.717) is 31.9 Å². The summed E-state index contributed by atoms with van der Waals surface area (Å²) in [5, 5.41) is 17.4. The Hall–Kier alpha value is -2.15. The van der Waals surface area contributed by atoms with E-state index in [-0.39, 0.29) is 0 Å². The standard InChI is InChI=1S/C12H17N3O3.C4H10O/c1-18-11-3-2-9(13)8-10(11)14-4-6-15(7-5-14)12(16)17;1-4(2,3)5/h2-3,8H,4-7,13H2,1H3,(H,16,17);5H,1-3H3. The van der Waals surface area contributed by atoms with Gasteiger partial charge in [-0.05, 0) is 39.0 Å². The van der Waals surface area contributed by atoms with Crippen LogP contribution in [-0.2, 0) is 0 Å². The highest BCUT2D eigenvalue weighted by atomic mass is 16.5. The summed E-state index contributed by atoms with van der Waals surface area (Å²) in [6.07, 6.45) is -0.866. The van der Waals surface area contributed by atoms with Crippen molar-refractivity contribution in [2.75, 3.05) is 43.9 Å². The molecule has 7 heteroatoms. The summed E-state index contributed by atoms with van der Waals surface area (Å²) < 4.78 is 5.30. The van der Waals surface area contributed by atoms with Gasteiger partial charge in [-0.3, -0.25) is 0 Å². The lowest BCUT2D eigenvalue weighted by molar-refractivity contribution is 0.102. The maximum absolute atomic E-state index is 10.8. The van der Waals surface area contributed by atoms with Gasteiger partial charge in [0, 0.05) is 31.9 Å². The van der Waals surface area contributed by atoms with Gasteiger partial charge in [-0.1, -0.05) is 0 Å². The summed E-state index contributed by atoms with van der Waals surface area (Å²) in [6, 6.07) is 5.47. The minimum atomic E-state index is -0.866. The molecule has 1 heterocycles. The second-order valence-corrected chi connectivity index (χ2v) is 6.36. The number of anilines is 2. The number of carboxylic acid groups (broad SMARTS) is 1. The van der Waals surface area contributed by atoms with Crippen LogP contribution in [-0.4, -0.2) is 60.1 Å². The van der Waals surface area contributed by atoms with Gasteiger partial charge in [0.05, 0.1) is 18.4 Å². The summed E-state index contributed by atoms with van der Waals surface area (Å²) >= 11 is 0. The average Bonchev–Trinajstić information content (AvgIpc) is 2.45. The molecule has 0 unspecified atom stereocenters. The zero-order valence-corrected chi connectivity index (χ0v) is 14.2. The maximum atomic E-state index is 10.8. The summed E-state index contributed by atoms with van der Waals surface area (Å²) in [7, 11) is 1.61. The molecule has 0 spiro atoms. The lowest BCUT2D eigenvalue weighted by Crippen LogP contribution is -2.48. The quantitative estimate of drug-likeness (QED) is 0.718. The number of methoxy groups -OCH3 is 1. The zero-order valence-electron chi connectivity index (χ0n) is 14.2. The SMILES string of the molecule is CC(C)(C)O.COc1ccc(N)cc1N1CCN(C(=O)O)CC1. The van der Waals surface area contributed by atoms with Gasteiger partial charge >= 0.3 is 6.09 Å². The Balaban J connectivity index is 0.000000463. The van der Waals surface area contributed by atoms with Crippen molar-refractivity contribution in [3.8, 4) is 5.75 Å². The summed E-state index contributed by atoms with van der Waals surface area (Å²) in [5.74, 6) is 0.757. The highest BCUT2D eigenvalue weighted by molar-refractivity contribution is 5.67. The Morgan fingerprint density at radius 3 is 2.17 bits per heavy atom. The number of nitrogens with two attached hydrogens (primary N) is 1. The van der Waals surface area contributed by atoms with Crippen molar-refractivity contribution in [1.29, 1.82) is 0 Å². The van der Waals surface area contributed by atoms with Crippen molar-refractivity contribution < 1.29 is 19.7 Å². The highest BCUT2D eigenvalue weighted by Gasteiger charge is 2.22. The first kappa shape index (κ1) is 18.9. The smallest absolute Gasteiger partial charge is 0.407 e. The van der Waals surface area contributed by atoms with E-state index in [4.69, 9.17) is 20.7 Å². The number of hydrogen-bond acceptors (Lipinski definition) is 5. The Morgan fingerprint density at radius 1 is 1.22 bits per heavy atom. The van der Waals surface area contributed by atoms with Gasteiger partial charge in [0.15, 0.2) is 0 Å². The molecule has 0 aliphatic carbocycles. The first-order chi connectivity index (χ1) is 10.6. The molecule has 0 aromatic heterocycles. The molecule has 4 N–H and O–H groups in total. The lowest BCUT2D eigenvalue weighted by Gasteiger charge is -2.35. The van der Waals surface area contributed by atoms with Gasteiger partial charge in [0.2, 0.25) is 0 Å². The Kier molecular flexibility index (Phi) is 6.50. The van der Waals surface area contributed by atoms with E-state index in [2.05, 4.69) is 4.90 Å². The fourth-order valence-electron chi connectivity index (χ4n) is 2.09. The van der Waals surface area contributed by atoms with E-state index >= 15 is 0 Å². The molecule has 1 fully saturated rings. The number of benzene rings is 1. The van der Waals surface area contributed by atoms with Crippen molar-refractivity contribution >= 4 is 17.5 Å². The minimum absolute atomic E-state index is 0.493. The number of aliphatic hydroxyl groups is 1. The predicted octanol–water partition coefficient (Wildman–Crippen LogP) is 1.85. The fourth-order valence-corrected chi connectivity index (χ4v) is 2.09. The van der Waals surface area contributed by atoms with Gasteiger partial charge < -0.3 is 30.5 Å². The molecule has 23 heavy (non-hydrogen) atoms. The van der Waals surface area contributed by atoms with Crippen LogP contribution in [0, 0.1) is 0 Å². The number of carbonyl (C=O) groups is 1. The van der Waals surface area contributed by atoms with E-state index < -0.39 is 11.7 Å². The molecule has 2 rings (SSSR count). The monoisotopic (exact) mass is 325 g/mol. The second-order valence-electron chi connectivity index (χ2n) is 6.36. The minimum Gasteiger partial charge on any atom is -0.495 e. The molecule has 0 bridgehead atoms. The molecule has 1 aliphatic heterocycles. The Labute approximate surface area is 137 Å². The van der Waals surface area contributed by atoms with Gasteiger partial charge in [-0.2, -0.15) is 0 Å². The van der Waals surface area contributed by atoms with Crippen LogP contribution < -0.4 is 15.4 Å². The molecular formula is C16H27N3O4. The number of nitrogen functional groups attached to an aromatic ring is 1. The molecule has 1 aromatic carbocycles. The predicted molar refractivity (Wildman–Crippen MR) is 91.2 cm³/mol. The highest BCUT2D eigenvalue weighted by Crippen LogP contribution is 2.30. The third kappa shape index (κ3) is 6.65. The van der Waals surface area contributed by atoms with E-state index in [1.54, 1.807) is 33.9 Å². The number of nitrogens with zero attached hydrogens (tertiary/aromatic N) is 2. The van der Waals surface area contributed by atoms with Gasteiger partial charge in [0.1, 0.15) is 5.75 Å². The summed E-state index contributed by atoms with van der Waals surface area (Å²) in [5.41, 5.74) is 6.87. The Morgan fingerprint density at radius 2 is 1.74 bits per heavy atom. The third-order valence-electron chi connectivity index (χ3n) is 3.09. The van der Waals surface area contributed by atoms with E-state index in [1.807, 2.05) is 12.1 Å². The number of ether oxygens (including phenoxy) is 1. The molecular weight excluding hydrogens is 298 g/mol. The van der Waals surface area contributed by atoms with E-state index in [1.165, 1.54) is 4.90 Å². The number of piperazine rings is 1. The molecule has 7 nitrogen and oxygen atoms in total. The number of rotatable bonds is 2. The van der Waals surface area contributed by atoms with Crippen molar-refractivity contribution in [2.24, 2.45) is 0 Å². The van der Waals surface area contributed by atoms with Crippen LogP contribution in [0.25, 0.3) is 0 Å². The van der Waals surface area contributed by atoms with Gasteiger partial charge in [-0.15, -0.1) is 0 Å². The van der Waals surface area contributed by atoms with E-state index in [0.717, 1.165) is 11.4 Å². The van der Waals surface area contributed by atoms with Gasteiger partial charge in [0.25, 0.3) is 0 Å². The van der Waals surface area contributed by atoms with Gasteiger partial charge in [-0.25, -0.2) is 4.79 Å². The largest absolute Gasteiger partial charge is 0.495 e. The van der Waals surface area contributed by atoms with Crippen LogP contribution in [0.4, 0.5) is 16.2 Å². The lowest BCUT2D eigenvalue weighted by atomic mass is 10.2. The van der Waals surface area contributed by atoms with Crippen molar-refractivity contribution in [3.63, 3.8) is 0 Å². The van der Waals surface area contributed by atoms with Crippen LogP contribution in [0.2, 0.25) is 0 Å². The molecule has 1 saturated heterocycles. The molecule has 1 aromatic rings. The molecule has 130 valence electrons. The van der Waals surface area contributed by atoms with Crippen LogP contribution >= 0.6 is 0 Å². The Bertz CT molecular complexity index is 515. The van der Waals surface area contributed by atoms with Crippen LogP contribution in [0.1, 0.15) is 20.8 Å². The molecule has 1 amide bonds. The first-order valence-corrected chi connectivity index (χ1v) is 7.50. The van der Waals surface area contributed by atoms with Crippen LogP contribution in [0.3, 0.4) is 0 Å². The normalized spacial score (nSPS) is 14.8. The fraction of sp³-hybridized carbons (Fsp3) is 0.562. The van der Waals surface area contributed by atoms with Crippen LogP contribution in [0.5, 0.6) is 5.75 Å². The van der Waals surface area contributed by atoms with Crippen molar-refractivity contribution in [3.05, 3.63) is 18.2 Å². The average molecular weight is 325 g/mol. The topological polar surface area (TPSA) is 99.3 Å².